The third-order valence-corrected chi connectivity index (χ3v) is 4.10. The first-order chi connectivity index (χ1) is 13.1. The minimum absolute atomic E-state index is 0.126. The Balaban J connectivity index is 1.67. The number of hydrogen-bond acceptors (Lipinski definition) is 4. The number of hydrogen-bond donors (Lipinski definition) is 2. The Morgan fingerprint density at radius 2 is 1.44 bits per heavy atom. The van der Waals surface area contributed by atoms with Crippen LogP contribution in [0.3, 0.4) is 0 Å². The smallest absolute Gasteiger partial charge is 0.255 e. The van der Waals surface area contributed by atoms with Crippen molar-refractivity contribution in [1.29, 1.82) is 0 Å². The summed E-state index contributed by atoms with van der Waals surface area (Å²) in [5.41, 5.74) is 4.21. The fourth-order valence-electron chi connectivity index (χ4n) is 2.71. The molecular formula is C22H22N2O3. The second-order valence-electron chi connectivity index (χ2n) is 6.10. The molecule has 0 fully saturated rings. The minimum Gasteiger partial charge on any atom is -0.493 e. The molecule has 2 N–H and O–H groups in total. The molecule has 3 aromatic carbocycles. The number of ether oxygens (including phenoxy) is 2. The highest BCUT2D eigenvalue weighted by Crippen LogP contribution is 2.31. The van der Waals surface area contributed by atoms with Gasteiger partial charge in [-0.2, -0.15) is 0 Å². The number of aryl methyl sites for hydroxylation is 1. The van der Waals surface area contributed by atoms with Gasteiger partial charge in [-0.1, -0.05) is 17.7 Å². The second-order valence-corrected chi connectivity index (χ2v) is 6.10. The molecule has 0 saturated carbocycles. The minimum atomic E-state index is -0.126. The first-order valence-electron chi connectivity index (χ1n) is 8.56. The van der Waals surface area contributed by atoms with Gasteiger partial charge >= 0.3 is 0 Å². The van der Waals surface area contributed by atoms with E-state index in [0.717, 1.165) is 22.6 Å². The summed E-state index contributed by atoms with van der Waals surface area (Å²) in [6.45, 7) is 1.96. The highest BCUT2D eigenvalue weighted by atomic mass is 16.5. The Kier molecular flexibility index (Phi) is 5.61. The van der Waals surface area contributed by atoms with Gasteiger partial charge in [0.15, 0.2) is 11.5 Å². The maximum absolute atomic E-state index is 12.3. The molecule has 138 valence electrons. The van der Waals surface area contributed by atoms with Crippen LogP contribution < -0.4 is 20.1 Å². The van der Waals surface area contributed by atoms with E-state index in [-0.39, 0.29) is 5.91 Å². The number of benzene rings is 3. The largest absolute Gasteiger partial charge is 0.493 e. The van der Waals surface area contributed by atoms with Crippen LogP contribution in [-0.2, 0) is 0 Å². The molecule has 0 aromatic heterocycles. The molecule has 5 nitrogen and oxygen atoms in total. The van der Waals surface area contributed by atoms with Crippen molar-refractivity contribution in [3.63, 3.8) is 0 Å². The zero-order chi connectivity index (χ0) is 19.2. The summed E-state index contributed by atoms with van der Waals surface area (Å²) in [5, 5.41) is 6.21. The Morgan fingerprint density at radius 3 is 2.11 bits per heavy atom. The van der Waals surface area contributed by atoms with Crippen LogP contribution in [0.4, 0.5) is 17.1 Å². The lowest BCUT2D eigenvalue weighted by molar-refractivity contribution is 0.102. The van der Waals surface area contributed by atoms with E-state index in [2.05, 4.69) is 10.6 Å². The van der Waals surface area contributed by atoms with Crippen molar-refractivity contribution < 1.29 is 14.3 Å². The molecule has 0 spiro atoms. The van der Waals surface area contributed by atoms with Crippen molar-refractivity contribution in [1.82, 2.24) is 0 Å². The van der Waals surface area contributed by atoms with Crippen molar-refractivity contribution >= 4 is 23.0 Å². The molecule has 0 aliphatic rings. The predicted octanol–water partition coefficient (Wildman–Crippen LogP) is 5.01. The van der Waals surface area contributed by atoms with Crippen molar-refractivity contribution in [3.8, 4) is 11.5 Å². The van der Waals surface area contributed by atoms with Crippen LogP contribution in [0.15, 0.2) is 66.7 Å². The fraction of sp³-hybridized carbons (Fsp3) is 0.136. The van der Waals surface area contributed by atoms with E-state index in [1.54, 1.807) is 20.3 Å². The lowest BCUT2D eigenvalue weighted by atomic mass is 10.1. The average Bonchev–Trinajstić information content (AvgIpc) is 2.69. The molecule has 3 rings (SSSR count). The Bertz CT molecular complexity index is 937. The van der Waals surface area contributed by atoms with E-state index in [9.17, 15) is 4.79 Å². The van der Waals surface area contributed by atoms with Crippen LogP contribution in [0.5, 0.6) is 11.5 Å². The lowest BCUT2D eigenvalue weighted by Crippen LogP contribution is -2.11. The summed E-state index contributed by atoms with van der Waals surface area (Å²) in [6, 6.07) is 20.7. The predicted molar refractivity (Wildman–Crippen MR) is 108 cm³/mol. The van der Waals surface area contributed by atoms with Crippen LogP contribution in [0.2, 0.25) is 0 Å². The van der Waals surface area contributed by atoms with Crippen molar-refractivity contribution in [2.24, 2.45) is 0 Å². The topological polar surface area (TPSA) is 59.6 Å². The molecule has 0 aliphatic heterocycles. The number of amides is 1. The highest BCUT2D eigenvalue weighted by Gasteiger charge is 2.07. The van der Waals surface area contributed by atoms with E-state index < -0.39 is 0 Å². The van der Waals surface area contributed by atoms with Crippen LogP contribution >= 0.6 is 0 Å². The Hall–Kier alpha value is -3.47. The van der Waals surface area contributed by atoms with E-state index in [1.165, 1.54) is 0 Å². The van der Waals surface area contributed by atoms with Gasteiger partial charge in [0, 0.05) is 28.7 Å². The molecule has 27 heavy (non-hydrogen) atoms. The zero-order valence-electron chi connectivity index (χ0n) is 15.6. The number of nitrogens with one attached hydrogen (secondary N) is 2. The number of rotatable bonds is 6. The van der Waals surface area contributed by atoms with Crippen molar-refractivity contribution in [2.75, 3.05) is 24.9 Å². The number of carbonyl (C=O) groups is 1. The van der Waals surface area contributed by atoms with Gasteiger partial charge in [-0.05, 0) is 55.5 Å². The van der Waals surface area contributed by atoms with Crippen LogP contribution in [-0.4, -0.2) is 20.1 Å². The Labute approximate surface area is 158 Å². The van der Waals surface area contributed by atoms with E-state index in [4.69, 9.17) is 9.47 Å². The molecule has 0 unspecified atom stereocenters. The van der Waals surface area contributed by atoms with Gasteiger partial charge in [-0.25, -0.2) is 0 Å². The summed E-state index contributed by atoms with van der Waals surface area (Å²) < 4.78 is 10.6. The van der Waals surface area contributed by atoms with Crippen LogP contribution in [0.25, 0.3) is 0 Å². The molecule has 1 amide bonds. The zero-order valence-corrected chi connectivity index (χ0v) is 15.6. The lowest BCUT2D eigenvalue weighted by Gasteiger charge is -2.12. The van der Waals surface area contributed by atoms with E-state index in [1.807, 2.05) is 67.6 Å². The summed E-state index contributed by atoms with van der Waals surface area (Å²) >= 11 is 0. The first-order valence-corrected chi connectivity index (χ1v) is 8.56. The van der Waals surface area contributed by atoms with Gasteiger partial charge in [0.25, 0.3) is 5.91 Å². The molecular weight excluding hydrogens is 340 g/mol. The van der Waals surface area contributed by atoms with Crippen LogP contribution in [0, 0.1) is 6.92 Å². The standard InChI is InChI=1S/C22H22N2O3/c1-15-5-4-6-16(13-15)22(25)24-18-9-7-17(8-10-18)23-19-11-12-20(26-2)21(14-19)27-3/h4-14,23H,1-3H3,(H,24,25). The number of anilines is 3. The highest BCUT2D eigenvalue weighted by molar-refractivity contribution is 6.04. The Morgan fingerprint density at radius 1 is 0.778 bits per heavy atom. The maximum atomic E-state index is 12.3. The van der Waals surface area contributed by atoms with Gasteiger partial charge in [0.1, 0.15) is 0 Å². The maximum Gasteiger partial charge on any atom is 0.255 e. The molecule has 0 aliphatic carbocycles. The molecule has 0 bridgehead atoms. The van der Waals surface area contributed by atoms with Gasteiger partial charge in [-0.3, -0.25) is 4.79 Å². The van der Waals surface area contributed by atoms with Gasteiger partial charge in [-0.15, -0.1) is 0 Å². The van der Waals surface area contributed by atoms with E-state index >= 15 is 0 Å². The summed E-state index contributed by atoms with van der Waals surface area (Å²) in [4.78, 5) is 12.3. The van der Waals surface area contributed by atoms with Crippen LogP contribution in [0.1, 0.15) is 15.9 Å². The average molecular weight is 362 g/mol. The molecule has 0 radical (unpaired) electrons. The monoisotopic (exact) mass is 362 g/mol. The summed E-state index contributed by atoms with van der Waals surface area (Å²) in [5.74, 6) is 1.21. The van der Waals surface area contributed by atoms with Gasteiger partial charge in [0.05, 0.1) is 14.2 Å². The third-order valence-electron chi connectivity index (χ3n) is 4.10. The van der Waals surface area contributed by atoms with E-state index in [0.29, 0.717) is 17.1 Å². The molecule has 3 aromatic rings. The number of methoxy groups -OCH3 is 2. The molecule has 0 atom stereocenters. The quantitative estimate of drug-likeness (QED) is 0.647. The fourth-order valence-corrected chi connectivity index (χ4v) is 2.71. The van der Waals surface area contributed by atoms with Crippen molar-refractivity contribution in [2.45, 2.75) is 6.92 Å². The third kappa shape index (κ3) is 4.58. The van der Waals surface area contributed by atoms with Gasteiger partial charge < -0.3 is 20.1 Å². The number of carbonyl (C=O) groups excluding carboxylic acids is 1. The van der Waals surface area contributed by atoms with Gasteiger partial charge in [0.2, 0.25) is 0 Å². The molecule has 0 saturated heterocycles. The molecule has 5 heteroatoms. The first kappa shape index (κ1) is 18.3. The summed E-state index contributed by atoms with van der Waals surface area (Å²) in [7, 11) is 3.21. The normalized spacial score (nSPS) is 10.2. The molecule has 0 heterocycles. The SMILES string of the molecule is COc1ccc(Nc2ccc(NC(=O)c3cccc(C)c3)cc2)cc1OC. The second kappa shape index (κ2) is 8.27. The summed E-state index contributed by atoms with van der Waals surface area (Å²) in [6.07, 6.45) is 0. The van der Waals surface area contributed by atoms with Crippen molar-refractivity contribution in [3.05, 3.63) is 77.9 Å².